The Morgan fingerprint density at radius 1 is 1.29 bits per heavy atom. The van der Waals surface area contributed by atoms with E-state index in [-0.39, 0.29) is 30.2 Å². The van der Waals surface area contributed by atoms with Gasteiger partial charge in [0.25, 0.3) is 0 Å². The lowest BCUT2D eigenvalue weighted by molar-refractivity contribution is -0.123. The summed E-state index contributed by atoms with van der Waals surface area (Å²) in [5.74, 6) is -0.0898. The smallest absolute Gasteiger partial charge is 0.244 e. The number of sulfonamides is 1. The van der Waals surface area contributed by atoms with Gasteiger partial charge in [0, 0.05) is 17.9 Å². The molecule has 0 aliphatic carbocycles. The standard InChI is InChI=1S/C15H23N3O4S.ClH/c1-3-10-23(20,21)18-13-6-4-12(5-7-13)17-15(19)14-11(2)22-9-8-16-14;/h4-7,11,14,16,18H,3,8-10H2,1-2H3,(H,17,19);1H/t11-,14+;/m1./s1. The number of ether oxygens (including phenoxy) is 1. The molecule has 0 bridgehead atoms. The molecule has 3 N–H and O–H groups in total. The highest BCUT2D eigenvalue weighted by Gasteiger charge is 2.28. The first-order valence-corrected chi connectivity index (χ1v) is 9.33. The van der Waals surface area contributed by atoms with Crippen LogP contribution in [0.25, 0.3) is 0 Å². The number of morpholine rings is 1. The summed E-state index contributed by atoms with van der Waals surface area (Å²) >= 11 is 0. The quantitative estimate of drug-likeness (QED) is 0.699. The number of carbonyl (C=O) groups excluding carboxylic acids is 1. The van der Waals surface area contributed by atoms with Crippen molar-refractivity contribution in [2.45, 2.75) is 32.4 Å². The third kappa shape index (κ3) is 5.94. The highest BCUT2D eigenvalue weighted by Crippen LogP contribution is 2.16. The number of anilines is 2. The Morgan fingerprint density at radius 2 is 1.92 bits per heavy atom. The first kappa shape index (κ1) is 20.7. The topological polar surface area (TPSA) is 96.5 Å². The molecule has 1 aromatic carbocycles. The summed E-state index contributed by atoms with van der Waals surface area (Å²) in [6, 6.07) is 6.17. The van der Waals surface area contributed by atoms with Crippen LogP contribution in [0, 0.1) is 0 Å². The molecule has 1 aliphatic heterocycles. The lowest BCUT2D eigenvalue weighted by atomic mass is 10.1. The molecular formula is C15H24ClN3O4S. The maximum absolute atomic E-state index is 12.2. The minimum atomic E-state index is -3.31. The maximum Gasteiger partial charge on any atom is 0.244 e. The first-order valence-electron chi connectivity index (χ1n) is 7.67. The summed E-state index contributed by atoms with van der Waals surface area (Å²) < 4.78 is 31.3. The molecule has 9 heteroatoms. The van der Waals surface area contributed by atoms with Crippen LogP contribution in [-0.4, -0.2) is 45.4 Å². The second-order valence-corrected chi connectivity index (χ2v) is 7.34. The maximum atomic E-state index is 12.2. The molecule has 0 saturated carbocycles. The van der Waals surface area contributed by atoms with Crippen molar-refractivity contribution in [1.29, 1.82) is 0 Å². The van der Waals surface area contributed by atoms with Crippen molar-refractivity contribution in [1.82, 2.24) is 5.32 Å². The molecule has 1 fully saturated rings. The summed E-state index contributed by atoms with van der Waals surface area (Å²) in [5, 5.41) is 5.92. The van der Waals surface area contributed by atoms with E-state index < -0.39 is 16.1 Å². The van der Waals surface area contributed by atoms with Gasteiger partial charge in [0.1, 0.15) is 6.04 Å². The van der Waals surface area contributed by atoms with E-state index in [9.17, 15) is 13.2 Å². The van der Waals surface area contributed by atoms with E-state index in [4.69, 9.17) is 4.74 Å². The van der Waals surface area contributed by atoms with Gasteiger partial charge in [-0.15, -0.1) is 12.4 Å². The molecule has 24 heavy (non-hydrogen) atoms. The molecule has 1 heterocycles. The van der Waals surface area contributed by atoms with Crippen LogP contribution in [0.5, 0.6) is 0 Å². The van der Waals surface area contributed by atoms with Crippen molar-refractivity contribution in [2.24, 2.45) is 0 Å². The Bertz CT molecular complexity index is 637. The minimum absolute atomic E-state index is 0. The Hall–Kier alpha value is -1.35. The molecule has 2 atom stereocenters. The van der Waals surface area contributed by atoms with Crippen molar-refractivity contribution in [3.8, 4) is 0 Å². The number of benzene rings is 1. The Morgan fingerprint density at radius 3 is 2.50 bits per heavy atom. The number of amides is 1. The van der Waals surface area contributed by atoms with Gasteiger partial charge < -0.3 is 15.4 Å². The molecule has 0 radical (unpaired) electrons. The largest absolute Gasteiger partial charge is 0.375 e. The molecule has 1 aliphatic rings. The number of nitrogens with one attached hydrogen (secondary N) is 3. The number of carbonyl (C=O) groups is 1. The third-order valence-corrected chi connectivity index (χ3v) is 4.99. The van der Waals surface area contributed by atoms with Gasteiger partial charge in [-0.2, -0.15) is 0 Å². The molecule has 0 aromatic heterocycles. The highest BCUT2D eigenvalue weighted by molar-refractivity contribution is 7.92. The summed E-state index contributed by atoms with van der Waals surface area (Å²) in [7, 11) is -3.31. The van der Waals surface area contributed by atoms with E-state index in [0.29, 0.717) is 30.9 Å². The molecule has 0 spiro atoms. The number of hydrogen-bond donors (Lipinski definition) is 3. The predicted octanol–water partition coefficient (Wildman–Crippen LogP) is 1.58. The fourth-order valence-electron chi connectivity index (χ4n) is 2.37. The van der Waals surface area contributed by atoms with Gasteiger partial charge >= 0.3 is 0 Å². The van der Waals surface area contributed by atoms with Crippen molar-refractivity contribution < 1.29 is 17.9 Å². The van der Waals surface area contributed by atoms with Gasteiger partial charge in [-0.25, -0.2) is 8.42 Å². The van der Waals surface area contributed by atoms with E-state index in [1.807, 2.05) is 13.8 Å². The molecule has 0 unspecified atom stereocenters. The van der Waals surface area contributed by atoms with E-state index in [1.165, 1.54) is 0 Å². The van der Waals surface area contributed by atoms with Crippen molar-refractivity contribution >= 4 is 39.7 Å². The fraction of sp³-hybridized carbons (Fsp3) is 0.533. The number of hydrogen-bond acceptors (Lipinski definition) is 5. The fourth-order valence-corrected chi connectivity index (χ4v) is 3.50. The van der Waals surface area contributed by atoms with E-state index in [1.54, 1.807) is 24.3 Å². The number of rotatable bonds is 6. The predicted molar refractivity (Wildman–Crippen MR) is 97.2 cm³/mol. The highest BCUT2D eigenvalue weighted by atomic mass is 35.5. The Balaban J connectivity index is 0.00000288. The molecular weight excluding hydrogens is 354 g/mol. The van der Waals surface area contributed by atoms with Crippen LogP contribution in [0.2, 0.25) is 0 Å². The van der Waals surface area contributed by atoms with Crippen molar-refractivity contribution in [3.05, 3.63) is 24.3 Å². The summed E-state index contributed by atoms with van der Waals surface area (Å²) in [6.45, 7) is 4.89. The van der Waals surface area contributed by atoms with Gasteiger partial charge in [-0.3, -0.25) is 9.52 Å². The average Bonchev–Trinajstić information content (AvgIpc) is 2.49. The molecule has 7 nitrogen and oxygen atoms in total. The van der Waals surface area contributed by atoms with Crippen LogP contribution in [0.3, 0.4) is 0 Å². The van der Waals surface area contributed by atoms with Crippen LogP contribution in [0.1, 0.15) is 20.3 Å². The minimum Gasteiger partial charge on any atom is -0.375 e. The molecule has 1 amide bonds. The summed E-state index contributed by atoms with van der Waals surface area (Å²) in [6.07, 6.45) is 0.363. The van der Waals surface area contributed by atoms with Crippen LogP contribution in [0.15, 0.2) is 24.3 Å². The van der Waals surface area contributed by atoms with Gasteiger partial charge in [0.15, 0.2) is 0 Å². The van der Waals surface area contributed by atoms with Crippen LogP contribution < -0.4 is 15.4 Å². The molecule has 1 saturated heterocycles. The zero-order valence-electron chi connectivity index (χ0n) is 13.7. The Labute approximate surface area is 149 Å². The van der Waals surface area contributed by atoms with Gasteiger partial charge in [0.05, 0.1) is 18.5 Å². The van der Waals surface area contributed by atoms with Gasteiger partial charge in [-0.05, 0) is 37.6 Å². The zero-order valence-corrected chi connectivity index (χ0v) is 15.4. The second-order valence-electron chi connectivity index (χ2n) is 5.50. The van der Waals surface area contributed by atoms with Gasteiger partial charge in [0.2, 0.25) is 15.9 Å². The lowest BCUT2D eigenvalue weighted by Crippen LogP contribution is -2.53. The zero-order chi connectivity index (χ0) is 16.9. The normalized spacial score (nSPS) is 20.8. The lowest BCUT2D eigenvalue weighted by Gasteiger charge is -2.29. The molecule has 2 rings (SSSR count). The van der Waals surface area contributed by atoms with E-state index in [2.05, 4.69) is 15.4 Å². The monoisotopic (exact) mass is 377 g/mol. The van der Waals surface area contributed by atoms with Crippen molar-refractivity contribution in [2.75, 3.05) is 28.9 Å². The number of halogens is 1. The van der Waals surface area contributed by atoms with Gasteiger partial charge in [-0.1, -0.05) is 6.92 Å². The SMILES string of the molecule is CCCS(=O)(=O)Nc1ccc(NC(=O)[C@H]2NCCO[C@@H]2C)cc1.Cl. The first-order chi connectivity index (χ1) is 10.9. The molecule has 136 valence electrons. The third-order valence-electron chi connectivity index (χ3n) is 3.50. The van der Waals surface area contributed by atoms with E-state index >= 15 is 0 Å². The van der Waals surface area contributed by atoms with Crippen LogP contribution >= 0.6 is 12.4 Å². The molecule has 1 aromatic rings. The summed E-state index contributed by atoms with van der Waals surface area (Å²) in [5.41, 5.74) is 1.08. The van der Waals surface area contributed by atoms with Crippen LogP contribution in [-0.2, 0) is 19.6 Å². The summed E-state index contributed by atoms with van der Waals surface area (Å²) in [4.78, 5) is 12.2. The average molecular weight is 378 g/mol. The van der Waals surface area contributed by atoms with Crippen LogP contribution in [0.4, 0.5) is 11.4 Å². The van der Waals surface area contributed by atoms with E-state index in [0.717, 1.165) is 0 Å². The van der Waals surface area contributed by atoms with Crippen molar-refractivity contribution in [3.63, 3.8) is 0 Å². The second kappa shape index (κ2) is 9.22. The Kier molecular flexibility index (Phi) is 7.95.